The average molecular weight is 684 g/mol. The van der Waals surface area contributed by atoms with Gasteiger partial charge >= 0.3 is 5.69 Å². The molecule has 6 rings (SSSR count). The third kappa shape index (κ3) is 8.08. The molecule has 2 aromatic heterocycles. The van der Waals surface area contributed by atoms with Crippen molar-refractivity contribution in [3.05, 3.63) is 117 Å². The van der Waals surface area contributed by atoms with Gasteiger partial charge in [-0.1, -0.05) is 54.6 Å². The van der Waals surface area contributed by atoms with Crippen molar-refractivity contribution in [1.82, 2.24) is 30.2 Å². The highest BCUT2D eigenvalue weighted by atomic mass is 35.5. The van der Waals surface area contributed by atoms with Crippen molar-refractivity contribution in [3.8, 4) is 22.5 Å². The minimum absolute atomic E-state index is 0. The van der Waals surface area contributed by atoms with Crippen LogP contribution in [0.3, 0.4) is 0 Å². The zero-order valence-electron chi connectivity index (χ0n) is 26.7. The Morgan fingerprint density at radius 2 is 1.57 bits per heavy atom. The van der Waals surface area contributed by atoms with Gasteiger partial charge in [-0.3, -0.25) is 23.9 Å². The van der Waals surface area contributed by atoms with E-state index in [0.717, 1.165) is 24.0 Å². The fourth-order valence-electron chi connectivity index (χ4n) is 6.17. The van der Waals surface area contributed by atoms with Gasteiger partial charge in [-0.05, 0) is 90.7 Å². The van der Waals surface area contributed by atoms with Gasteiger partial charge in [0.15, 0.2) is 0 Å². The van der Waals surface area contributed by atoms with Gasteiger partial charge in [0.1, 0.15) is 0 Å². The predicted octanol–water partition coefficient (Wildman–Crippen LogP) is 3.05. The number of anilines is 1. The van der Waals surface area contributed by atoms with E-state index >= 15 is 0 Å². The largest absolute Gasteiger partial charge is 0.330 e. The first-order chi connectivity index (χ1) is 23.3. The molecule has 1 atom stereocenters. The van der Waals surface area contributed by atoms with Crippen molar-refractivity contribution in [1.29, 1.82) is 0 Å². The molecule has 0 unspecified atom stereocenters. The second-order valence-corrected chi connectivity index (χ2v) is 12.2. The first kappa shape index (κ1) is 35.1. The maximum atomic E-state index is 14.0. The Balaban J connectivity index is 0.00000468. The average Bonchev–Trinajstić information content (AvgIpc) is 3.66. The van der Waals surface area contributed by atoms with E-state index in [1.54, 1.807) is 54.7 Å². The smallest absolute Gasteiger partial charge is 0.328 e. The minimum Gasteiger partial charge on any atom is -0.330 e. The highest BCUT2D eigenvalue weighted by Gasteiger charge is 2.35. The van der Waals surface area contributed by atoms with Crippen LogP contribution in [0.1, 0.15) is 36.8 Å². The van der Waals surface area contributed by atoms with Crippen LogP contribution in [0.2, 0.25) is 0 Å². The molecule has 1 fully saturated rings. The highest BCUT2D eigenvalue weighted by molar-refractivity contribution is 6.17. The minimum atomic E-state index is -1.02. The van der Waals surface area contributed by atoms with Crippen LogP contribution in [0.25, 0.3) is 22.5 Å². The van der Waals surface area contributed by atoms with Crippen molar-refractivity contribution in [2.45, 2.75) is 44.7 Å². The number of aromatic nitrogens is 6. The molecule has 0 spiro atoms. The summed E-state index contributed by atoms with van der Waals surface area (Å²) < 4.78 is 1.46. The Morgan fingerprint density at radius 3 is 2.20 bits per heavy atom. The lowest BCUT2D eigenvalue weighted by Gasteiger charge is -2.32. The van der Waals surface area contributed by atoms with Crippen LogP contribution in [0.5, 0.6) is 0 Å². The molecule has 254 valence electrons. The molecule has 0 bridgehead atoms. The summed E-state index contributed by atoms with van der Waals surface area (Å²) in [5, 5.41) is 14.0. The van der Waals surface area contributed by atoms with Crippen LogP contribution in [0, 0.1) is 11.8 Å². The molecule has 1 saturated carbocycles. The van der Waals surface area contributed by atoms with Crippen molar-refractivity contribution in [3.63, 3.8) is 0 Å². The zero-order valence-corrected chi connectivity index (χ0v) is 27.5. The van der Waals surface area contributed by atoms with E-state index in [4.69, 9.17) is 11.5 Å². The Labute approximate surface area is 288 Å². The lowest BCUT2D eigenvalue weighted by atomic mass is 9.81. The molecule has 0 saturated heterocycles. The molecule has 0 aliphatic heterocycles. The lowest BCUT2D eigenvalue weighted by molar-refractivity contribution is -0.130. The molecular weight excluding hydrogens is 646 g/mol. The second kappa shape index (κ2) is 15.8. The summed E-state index contributed by atoms with van der Waals surface area (Å²) in [7, 11) is 0. The fourth-order valence-corrected chi connectivity index (χ4v) is 6.17. The molecule has 2 heterocycles. The molecule has 1 aliphatic carbocycles. The number of hydrogen-bond donors (Lipinski definition) is 4. The third-order valence-corrected chi connectivity index (χ3v) is 8.94. The SMILES string of the molecule is Cl.NC[C@H]1CC[C@H](C(=O)N(C(=O)[C@@H](N)Cc2ccc(-c3cn(Cc4ccccc4)c(=O)[nH]c3=O)cc2)c2ccc(-c3nn[nH]n3)cc2)CC1. The number of tetrazole rings is 1. The summed E-state index contributed by atoms with van der Waals surface area (Å²) >= 11 is 0. The van der Waals surface area contributed by atoms with Crippen LogP contribution in [-0.2, 0) is 22.6 Å². The summed E-state index contributed by atoms with van der Waals surface area (Å²) in [5.74, 6) is -0.341. The molecule has 3 aromatic carbocycles. The second-order valence-electron chi connectivity index (χ2n) is 12.2. The number of nitrogens with zero attached hydrogens (tertiary/aromatic N) is 5. The zero-order chi connectivity index (χ0) is 33.6. The van der Waals surface area contributed by atoms with Crippen molar-refractivity contribution in [2.24, 2.45) is 23.3 Å². The van der Waals surface area contributed by atoms with E-state index in [0.29, 0.717) is 60.1 Å². The van der Waals surface area contributed by atoms with E-state index in [1.807, 2.05) is 30.3 Å². The number of halogens is 1. The summed E-state index contributed by atoms with van der Waals surface area (Å²) in [6.07, 6.45) is 4.67. The fraction of sp³-hybridized carbons (Fsp3) is 0.286. The van der Waals surface area contributed by atoms with Gasteiger partial charge in [0.05, 0.1) is 23.8 Å². The molecule has 1 aliphatic rings. The Hall–Kier alpha value is -5.24. The Morgan fingerprint density at radius 1 is 0.898 bits per heavy atom. The van der Waals surface area contributed by atoms with Gasteiger partial charge in [-0.2, -0.15) is 5.21 Å². The summed E-state index contributed by atoms with van der Waals surface area (Å²) in [4.78, 5) is 56.7. The number of carbonyl (C=O) groups is 2. The normalized spacial score (nSPS) is 16.4. The Bertz CT molecular complexity index is 1970. The molecule has 14 heteroatoms. The van der Waals surface area contributed by atoms with Crippen molar-refractivity contribution < 1.29 is 9.59 Å². The van der Waals surface area contributed by atoms with Gasteiger partial charge in [0.2, 0.25) is 11.7 Å². The van der Waals surface area contributed by atoms with Gasteiger partial charge in [-0.15, -0.1) is 22.6 Å². The molecule has 49 heavy (non-hydrogen) atoms. The molecule has 5 aromatic rings. The van der Waals surface area contributed by atoms with Crippen molar-refractivity contribution >= 4 is 29.9 Å². The number of aromatic amines is 2. The van der Waals surface area contributed by atoms with Gasteiger partial charge in [0, 0.05) is 17.7 Å². The first-order valence-corrected chi connectivity index (χ1v) is 15.9. The number of amides is 2. The number of carbonyl (C=O) groups excluding carboxylic acids is 2. The van der Waals surface area contributed by atoms with Crippen LogP contribution < -0.4 is 27.6 Å². The predicted molar refractivity (Wildman–Crippen MR) is 188 cm³/mol. The number of H-pyrrole nitrogens is 2. The summed E-state index contributed by atoms with van der Waals surface area (Å²) in [6, 6.07) is 22.4. The summed E-state index contributed by atoms with van der Waals surface area (Å²) in [5.41, 5.74) is 15.1. The van der Waals surface area contributed by atoms with E-state index in [1.165, 1.54) is 9.47 Å². The topological polar surface area (TPSA) is 199 Å². The van der Waals surface area contributed by atoms with Gasteiger partial charge in [-0.25, -0.2) is 9.69 Å². The number of hydrogen-bond acceptors (Lipinski definition) is 9. The Kier molecular flexibility index (Phi) is 11.3. The van der Waals surface area contributed by atoms with Crippen LogP contribution in [0.15, 0.2) is 94.6 Å². The number of rotatable bonds is 10. The maximum absolute atomic E-state index is 14.0. The number of imide groups is 1. The molecule has 6 N–H and O–H groups in total. The highest BCUT2D eigenvalue weighted by Crippen LogP contribution is 2.32. The lowest BCUT2D eigenvalue weighted by Crippen LogP contribution is -2.50. The van der Waals surface area contributed by atoms with E-state index in [-0.39, 0.29) is 30.7 Å². The van der Waals surface area contributed by atoms with Crippen LogP contribution in [0.4, 0.5) is 5.69 Å². The first-order valence-electron chi connectivity index (χ1n) is 15.9. The van der Waals surface area contributed by atoms with Gasteiger partial charge in [0.25, 0.3) is 11.5 Å². The maximum Gasteiger partial charge on any atom is 0.328 e. The summed E-state index contributed by atoms with van der Waals surface area (Å²) in [6.45, 7) is 0.888. The molecule has 0 radical (unpaired) electrons. The van der Waals surface area contributed by atoms with Crippen LogP contribution >= 0.6 is 12.4 Å². The standard InChI is InChI=1S/C35H37N9O4.ClH/c36-19-23-8-12-27(13-9-23)33(46)44(28-16-14-26(15-17-28)31-39-41-42-40-31)34(47)30(37)18-22-6-10-25(11-7-22)29-21-43(35(48)38-32(29)45)20-24-4-2-1-3-5-24;/h1-7,10-11,14-17,21,23,27,30H,8-9,12-13,18-20,36-37H2,(H,38,45,48)(H,39,40,41,42);1H/t23-,27-,30-;/m0./s1. The van der Waals surface area contributed by atoms with E-state index in [2.05, 4.69) is 25.6 Å². The van der Waals surface area contributed by atoms with Gasteiger partial charge < -0.3 is 11.5 Å². The monoisotopic (exact) mass is 683 g/mol. The number of nitrogens with two attached hydrogens (primary N) is 2. The quantitative estimate of drug-likeness (QED) is 0.171. The van der Waals surface area contributed by atoms with Crippen molar-refractivity contribution in [2.75, 3.05) is 11.4 Å². The number of benzene rings is 3. The molecule has 2 amide bonds. The third-order valence-electron chi connectivity index (χ3n) is 8.94. The molecule has 13 nitrogen and oxygen atoms in total. The van der Waals surface area contributed by atoms with E-state index < -0.39 is 23.2 Å². The van der Waals surface area contributed by atoms with Crippen LogP contribution in [-0.4, -0.2) is 54.6 Å². The van der Waals surface area contributed by atoms with E-state index in [9.17, 15) is 19.2 Å². The molecular formula is C35H38ClN9O4. The number of nitrogens with one attached hydrogen (secondary N) is 2.